The second-order valence-corrected chi connectivity index (χ2v) is 7.35. The molecule has 0 unspecified atom stereocenters. The van der Waals surface area contributed by atoms with E-state index in [1.54, 1.807) is 32.2 Å². The van der Waals surface area contributed by atoms with Gasteiger partial charge in [-0.25, -0.2) is 13.8 Å². The fourth-order valence-electron chi connectivity index (χ4n) is 3.59. The van der Waals surface area contributed by atoms with Crippen LogP contribution in [0.3, 0.4) is 0 Å². The van der Waals surface area contributed by atoms with E-state index in [0.29, 0.717) is 22.5 Å². The summed E-state index contributed by atoms with van der Waals surface area (Å²) < 4.78 is 29.1. The molecule has 3 N–H and O–H groups in total. The number of primary amides is 1. The Morgan fingerprint density at radius 3 is 2.56 bits per heavy atom. The van der Waals surface area contributed by atoms with Crippen LogP contribution in [0.1, 0.15) is 22.3 Å². The van der Waals surface area contributed by atoms with Gasteiger partial charge in [0.05, 0.1) is 6.20 Å². The fraction of sp³-hybridized carbons (Fsp3) is 0.182. The average Bonchev–Trinajstić information content (AvgIpc) is 2.85. The van der Waals surface area contributed by atoms with Gasteiger partial charge in [-0.05, 0) is 42.8 Å². The Morgan fingerprint density at radius 2 is 1.91 bits per heavy atom. The van der Waals surface area contributed by atoms with Crippen molar-refractivity contribution < 1.29 is 18.4 Å². The number of nitrogens with one attached hydrogen (secondary N) is 1. The molecule has 0 spiro atoms. The third-order valence-electron chi connectivity index (χ3n) is 5.25. The molecule has 3 aromatic rings. The standard InChI is InChI=1S/C22H20F2N6O2/c1-12-10-13(6-7-14(12)20(25)32)27-22-26-11-17-21(28-22)30(9-8-18(31)29(17)2)19-15(23)4-3-5-16(19)24/h3-7,10-11H,8-9H2,1-2H3,(H2,25,32)(H,26,27,28). The van der Waals surface area contributed by atoms with E-state index in [1.165, 1.54) is 22.1 Å². The largest absolute Gasteiger partial charge is 0.366 e. The summed E-state index contributed by atoms with van der Waals surface area (Å²) in [5, 5.41) is 3.02. The quantitative estimate of drug-likeness (QED) is 0.647. The average molecular weight is 438 g/mol. The second kappa shape index (κ2) is 8.22. The molecular weight excluding hydrogens is 418 g/mol. The topological polar surface area (TPSA) is 104 Å². The molecule has 4 rings (SSSR count). The molecule has 0 bridgehead atoms. The molecule has 1 aromatic heterocycles. The number of hydrogen-bond acceptors (Lipinski definition) is 6. The van der Waals surface area contributed by atoms with Crippen LogP contribution in [0.5, 0.6) is 0 Å². The van der Waals surface area contributed by atoms with Crippen LogP contribution in [-0.4, -0.2) is 35.4 Å². The molecule has 1 aliphatic heterocycles. The lowest BCUT2D eigenvalue weighted by Gasteiger charge is -2.25. The van der Waals surface area contributed by atoms with Gasteiger partial charge in [0.15, 0.2) is 5.82 Å². The highest BCUT2D eigenvalue weighted by molar-refractivity contribution is 5.98. The van der Waals surface area contributed by atoms with E-state index >= 15 is 0 Å². The summed E-state index contributed by atoms with van der Waals surface area (Å²) in [5.41, 5.74) is 7.02. The molecule has 0 saturated heterocycles. The molecule has 2 amide bonds. The number of aryl methyl sites for hydroxylation is 1. The van der Waals surface area contributed by atoms with Crippen molar-refractivity contribution in [3.63, 3.8) is 0 Å². The molecule has 32 heavy (non-hydrogen) atoms. The summed E-state index contributed by atoms with van der Waals surface area (Å²) in [4.78, 5) is 35.3. The Kier molecular flexibility index (Phi) is 5.43. The summed E-state index contributed by atoms with van der Waals surface area (Å²) in [5.74, 6) is -1.96. The van der Waals surface area contributed by atoms with Crippen molar-refractivity contribution in [1.29, 1.82) is 0 Å². The minimum absolute atomic E-state index is 0.0386. The normalized spacial score (nSPS) is 13.6. The van der Waals surface area contributed by atoms with E-state index in [2.05, 4.69) is 15.3 Å². The highest BCUT2D eigenvalue weighted by atomic mass is 19.1. The van der Waals surface area contributed by atoms with Crippen LogP contribution in [-0.2, 0) is 4.79 Å². The van der Waals surface area contributed by atoms with Gasteiger partial charge < -0.3 is 20.9 Å². The van der Waals surface area contributed by atoms with Crippen LogP contribution in [0.25, 0.3) is 0 Å². The Bertz CT molecular complexity index is 1210. The molecule has 0 atom stereocenters. The number of hydrogen-bond donors (Lipinski definition) is 2. The van der Waals surface area contributed by atoms with Crippen molar-refractivity contribution >= 4 is 40.6 Å². The van der Waals surface area contributed by atoms with Crippen LogP contribution < -0.4 is 20.9 Å². The van der Waals surface area contributed by atoms with E-state index < -0.39 is 17.5 Å². The van der Waals surface area contributed by atoms with E-state index in [4.69, 9.17) is 5.73 Å². The Hall–Kier alpha value is -4.08. The summed E-state index contributed by atoms with van der Waals surface area (Å²) in [6, 6.07) is 8.51. The maximum absolute atomic E-state index is 14.6. The number of benzene rings is 2. The molecule has 164 valence electrons. The second-order valence-electron chi connectivity index (χ2n) is 7.35. The van der Waals surface area contributed by atoms with E-state index in [0.717, 1.165) is 12.1 Å². The number of carbonyl (C=O) groups is 2. The van der Waals surface area contributed by atoms with Crippen LogP contribution in [0.4, 0.5) is 37.6 Å². The Balaban J connectivity index is 1.78. The van der Waals surface area contributed by atoms with Gasteiger partial charge in [-0.15, -0.1) is 0 Å². The number of aromatic nitrogens is 2. The number of nitrogens with two attached hydrogens (primary N) is 1. The highest BCUT2D eigenvalue weighted by Crippen LogP contribution is 2.38. The lowest BCUT2D eigenvalue weighted by atomic mass is 10.1. The van der Waals surface area contributed by atoms with Gasteiger partial charge in [0.1, 0.15) is 23.0 Å². The van der Waals surface area contributed by atoms with E-state index in [-0.39, 0.29) is 36.3 Å². The molecule has 2 heterocycles. The molecular formula is C22H20F2N6O2. The zero-order valence-corrected chi connectivity index (χ0v) is 17.4. The molecule has 10 heteroatoms. The van der Waals surface area contributed by atoms with Crippen LogP contribution >= 0.6 is 0 Å². The first kappa shape index (κ1) is 21.2. The number of carbonyl (C=O) groups excluding carboxylic acids is 2. The van der Waals surface area contributed by atoms with Crippen molar-refractivity contribution in [3.8, 4) is 0 Å². The molecule has 1 aliphatic rings. The van der Waals surface area contributed by atoms with E-state index in [9.17, 15) is 18.4 Å². The van der Waals surface area contributed by atoms with Gasteiger partial charge in [-0.3, -0.25) is 9.59 Å². The van der Waals surface area contributed by atoms with Crippen molar-refractivity contribution in [2.45, 2.75) is 13.3 Å². The van der Waals surface area contributed by atoms with Crippen LogP contribution in [0.15, 0.2) is 42.6 Å². The molecule has 2 aromatic carbocycles. The van der Waals surface area contributed by atoms with Crippen molar-refractivity contribution in [3.05, 3.63) is 65.4 Å². The molecule has 0 saturated carbocycles. The van der Waals surface area contributed by atoms with Gasteiger partial charge in [0.25, 0.3) is 0 Å². The minimum atomic E-state index is -0.765. The Morgan fingerprint density at radius 1 is 1.19 bits per heavy atom. The lowest BCUT2D eigenvalue weighted by Crippen LogP contribution is -2.25. The number of rotatable bonds is 4. The summed E-state index contributed by atoms with van der Waals surface area (Å²) >= 11 is 0. The van der Waals surface area contributed by atoms with Crippen LogP contribution in [0.2, 0.25) is 0 Å². The van der Waals surface area contributed by atoms with Gasteiger partial charge >= 0.3 is 0 Å². The van der Waals surface area contributed by atoms with Crippen molar-refractivity contribution in [2.24, 2.45) is 5.73 Å². The predicted molar refractivity (Wildman–Crippen MR) is 116 cm³/mol. The fourth-order valence-corrected chi connectivity index (χ4v) is 3.59. The molecule has 0 aliphatic carbocycles. The predicted octanol–water partition coefficient (Wildman–Crippen LogP) is 3.41. The van der Waals surface area contributed by atoms with Gasteiger partial charge in [-0.2, -0.15) is 4.98 Å². The monoisotopic (exact) mass is 438 g/mol. The smallest absolute Gasteiger partial charge is 0.248 e. The summed E-state index contributed by atoms with van der Waals surface area (Å²) in [6.45, 7) is 1.78. The minimum Gasteiger partial charge on any atom is -0.366 e. The van der Waals surface area contributed by atoms with Gasteiger partial charge in [-0.1, -0.05) is 6.07 Å². The lowest BCUT2D eigenvalue weighted by molar-refractivity contribution is -0.118. The molecule has 0 fully saturated rings. The number of fused-ring (bicyclic) bond motifs is 1. The Labute approximate surface area is 182 Å². The first-order valence-corrected chi connectivity index (χ1v) is 9.79. The maximum Gasteiger partial charge on any atom is 0.248 e. The van der Waals surface area contributed by atoms with Gasteiger partial charge in [0, 0.05) is 31.3 Å². The van der Waals surface area contributed by atoms with Gasteiger partial charge in [0.2, 0.25) is 17.8 Å². The van der Waals surface area contributed by atoms with Crippen LogP contribution in [0, 0.1) is 18.6 Å². The number of nitrogens with zero attached hydrogens (tertiary/aromatic N) is 4. The van der Waals surface area contributed by atoms with Crippen molar-refractivity contribution in [2.75, 3.05) is 28.7 Å². The first-order chi connectivity index (χ1) is 15.3. The number of amides is 2. The van der Waals surface area contributed by atoms with E-state index in [1.807, 2.05) is 0 Å². The maximum atomic E-state index is 14.6. The van der Waals surface area contributed by atoms with Crippen molar-refractivity contribution in [1.82, 2.24) is 9.97 Å². The number of anilines is 5. The third kappa shape index (κ3) is 3.82. The SMILES string of the molecule is Cc1cc(Nc2ncc3c(n2)N(c2c(F)cccc2F)CCC(=O)N3C)ccc1C(N)=O. The molecule has 8 nitrogen and oxygen atoms in total. The first-order valence-electron chi connectivity index (χ1n) is 9.79. The zero-order chi connectivity index (χ0) is 23.0. The number of halogens is 2. The highest BCUT2D eigenvalue weighted by Gasteiger charge is 2.30. The number of para-hydroxylation sites is 1. The zero-order valence-electron chi connectivity index (χ0n) is 17.4. The molecule has 0 radical (unpaired) electrons. The summed E-state index contributed by atoms with van der Waals surface area (Å²) in [7, 11) is 1.56. The third-order valence-corrected chi connectivity index (χ3v) is 5.25. The summed E-state index contributed by atoms with van der Waals surface area (Å²) in [6.07, 6.45) is 1.46.